The van der Waals surface area contributed by atoms with Crippen LogP contribution in [0, 0.1) is 13.8 Å². The van der Waals surface area contributed by atoms with Gasteiger partial charge in [0.2, 0.25) is 5.91 Å². The molecule has 0 radical (unpaired) electrons. The third-order valence-electron chi connectivity index (χ3n) is 4.43. The predicted molar refractivity (Wildman–Crippen MR) is 99.3 cm³/mol. The largest absolute Gasteiger partial charge is 0.320 e. The number of hydrogen-bond donors (Lipinski definition) is 1. The van der Waals surface area contributed by atoms with E-state index in [0.717, 1.165) is 16.8 Å². The molecular weight excluding hydrogens is 314 g/mol. The van der Waals surface area contributed by atoms with Crippen LogP contribution in [0.5, 0.6) is 0 Å². The van der Waals surface area contributed by atoms with Crippen LogP contribution < -0.4 is 10.9 Å². The number of aryl methyl sites for hydroxylation is 1. The molecule has 5 heteroatoms. The first-order chi connectivity index (χ1) is 12.0. The van der Waals surface area contributed by atoms with Crippen LogP contribution in [0.1, 0.15) is 16.8 Å². The monoisotopic (exact) mass is 335 g/mol. The zero-order valence-corrected chi connectivity index (χ0v) is 14.6. The van der Waals surface area contributed by atoms with Crippen molar-refractivity contribution in [2.75, 3.05) is 5.32 Å². The summed E-state index contributed by atoms with van der Waals surface area (Å²) in [5.41, 5.74) is 3.58. The van der Waals surface area contributed by atoms with E-state index in [-0.39, 0.29) is 17.9 Å². The number of anilines is 1. The van der Waals surface area contributed by atoms with E-state index in [2.05, 4.69) is 5.32 Å². The molecule has 1 aromatic heterocycles. The average molecular weight is 335 g/mol. The van der Waals surface area contributed by atoms with Crippen LogP contribution in [0.15, 0.2) is 59.4 Å². The minimum Gasteiger partial charge on any atom is -0.320 e. The van der Waals surface area contributed by atoms with Crippen molar-refractivity contribution in [2.45, 2.75) is 20.3 Å². The fraction of sp³-hybridized carbons (Fsp3) is 0.200. The number of benzene rings is 2. The summed E-state index contributed by atoms with van der Waals surface area (Å²) >= 11 is 0. The molecule has 0 aliphatic carbocycles. The summed E-state index contributed by atoms with van der Waals surface area (Å²) in [6.45, 7) is 3.79. The number of rotatable bonds is 4. The van der Waals surface area contributed by atoms with E-state index in [9.17, 15) is 9.59 Å². The topological polar surface area (TPSA) is 56.0 Å². The number of nitrogens with one attached hydrogen (secondary N) is 1. The van der Waals surface area contributed by atoms with Gasteiger partial charge in [0.15, 0.2) is 0 Å². The third-order valence-corrected chi connectivity index (χ3v) is 4.43. The molecule has 2 aromatic carbocycles. The summed E-state index contributed by atoms with van der Waals surface area (Å²) in [7, 11) is 1.81. The van der Waals surface area contributed by atoms with Crippen molar-refractivity contribution in [2.24, 2.45) is 7.05 Å². The van der Waals surface area contributed by atoms with Gasteiger partial charge in [-0.05, 0) is 37.1 Å². The molecule has 0 aliphatic rings. The van der Waals surface area contributed by atoms with Gasteiger partial charge in [0.05, 0.1) is 17.8 Å². The van der Waals surface area contributed by atoms with Crippen LogP contribution in [-0.2, 0) is 18.3 Å². The Morgan fingerprint density at radius 1 is 1.00 bits per heavy atom. The predicted octanol–water partition coefficient (Wildman–Crippen LogP) is 2.97. The third kappa shape index (κ3) is 3.26. The maximum absolute atomic E-state index is 12.8. The number of aromatic nitrogens is 2. The lowest BCUT2D eigenvalue weighted by atomic mass is 10.1. The molecule has 0 atom stereocenters. The van der Waals surface area contributed by atoms with Gasteiger partial charge in [-0.1, -0.05) is 42.5 Å². The minimum atomic E-state index is -0.232. The van der Waals surface area contributed by atoms with Crippen molar-refractivity contribution >= 4 is 11.6 Å². The molecule has 3 rings (SSSR count). The first-order valence-corrected chi connectivity index (χ1v) is 8.17. The van der Waals surface area contributed by atoms with Gasteiger partial charge < -0.3 is 5.32 Å². The first-order valence-electron chi connectivity index (χ1n) is 8.17. The Bertz CT molecular complexity index is 968. The maximum Gasteiger partial charge on any atom is 0.295 e. The summed E-state index contributed by atoms with van der Waals surface area (Å²) in [6.07, 6.45) is 0.242. The molecule has 0 spiro atoms. The molecular formula is C20H21N3O2. The number of hydrogen-bond acceptors (Lipinski definition) is 2. The number of carbonyl (C=O) groups is 1. The highest BCUT2D eigenvalue weighted by molar-refractivity contribution is 5.92. The molecule has 0 saturated carbocycles. The fourth-order valence-corrected chi connectivity index (χ4v) is 2.88. The van der Waals surface area contributed by atoms with Crippen LogP contribution in [-0.4, -0.2) is 15.3 Å². The van der Waals surface area contributed by atoms with E-state index < -0.39 is 0 Å². The number of para-hydroxylation sites is 1. The van der Waals surface area contributed by atoms with E-state index in [4.69, 9.17) is 0 Å². The molecule has 0 aliphatic heterocycles. The Morgan fingerprint density at radius 3 is 2.32 bits per heavy atom. The second kappa shape index (κ2) is 6.81. The lowest BCUT2D eigenvalue weighted by Crippen LogP contribution is -2.23. The summed E-state index contributed by atoms with van der Waals surface area (Å²) in [6, 6.07) is 17.1. The van der Waals surface area contributed by atoms with Crippen molar-refractivity contribution in [1.29, 1.82) is 0 Å². The van der Waals surface area contributed by atoms with E-state index in [1.807, 2.05) is 68.4 Å². The lowest BCUT2D eigenvalue weighted by Gasteiger charge is -2.07. The number of nitrogens with zero attached hydrogens (tertiary/aromatic N) is 2. The summed E-state index contributed by atoms with van der Waals surface area (Å²) in [4.78, 5) is 25.2. The molecule has 1 heterocycles. The van der Waals surface area contributed by atoms with Crippen molar-refractivity contribution < 1.29 is 4.79 Å². The zero-order valence-electron chi connectivity index (χ0n) is 14.6. The molecule has 0 saturated heterocycles. The highest BCUT2D eigenvalue weighted by Gasteiger charge is 2.18. The Labute approximate surface area is 146 Å². The SMILES string of the molecule is Cc1ccccc1CC(=O)Nc1c(C)n(C)n(-c2ccccc2)c1=O. The molecule has 1 N–H and O–H groups in total. The van der Waals surface area contributed by atoms with Crippen molar-refractivity contribution in [3.05, 3.63) is 81.8 Å². The van der Waals surface area contributed by atoms with Crippen LogP contribution in [0.3, 0.4) is 0 Å². The summed E-state index contributed by atoms with van der Waals surface area (Å²) in [5.74, 6) is -0.194. The van der Waals surface area contributed by atoms with Crippen LogP contribution in [0.25, 0.3) is 5.69 Å². The van der Waals surface area contributed by atoms with E-state index in [1.54, 1.807) is 16.4 Å². The van der Waals surface area contributed by atoms with Gasteiger partial charge in [-0.25, -0.2) is 4.68 Å². The normalized spacial score (nSPS) is 10.7. The van der Waals surface area contributed by atoms with Crippen LogP contribution >= 0.6 is 0 Å². The molecule has 0 bridgehead atoms. The van der Waals surface area contributed by atoms with Crippen molar-refractivity contribution in [3.8, 4) is 5.69 Å². The van der Waals surface area contributed by atoms with Gasteiger partial charge in [-0.2, -0.15) is 0 Å². The molecule has 0 fully saturated rings. The average Bonchev–Trinajstić information content (AvgIpc) is 2.81. The first kappa shape index (κ1) is 16.8. The minimum absolute atomic E-state index is 0.194. The highest BCUT2D eigenvalue weighted by atomic mass is 16.2. The van der Waals surface area contributed by atoms with Gasteiger partial charge in [0.1, 0.15) is 5.69 Å². The zero-order chi connectivity index (χ0) is 18.0. The standard InChI is InChI=1S/C20H21N3O2/c1-14-9-7-8-10-16(14)13-18(24)21-19-15(2)22(3)23(20(19)25)17-11-5-4-6-12-17/h4-12H,13H2,1-3H3,(H,21,24). The Balaban J connectivity index is 1.90. The van der Waals surface area contributed by atoms with Gasteiger partial charge in [-0.15, -0.1) is 0 Å². The van der Waals surface area contributed by atoms with E-state index in [0.29, 0.717) is 11.4 Å². The van der Waals surface area contributed by atoms with Crippen molar-refractivity contribution in [1.82, 2.24) is 9.36 Å². The van der Waals surface area contributed by atoms with Crippen molar-refractivity contribution in [3.63, 3.8) is 0 Å². The molecule has 5 nitrogen and oxygen atoms in total. The summed E-state index contributed by atoms with van der Waals surface area (Å²) < 4.78 is 3.31. The van der Waals surface area contributed by atoms with Gasteiger partial charge in [0.25, 0.3) is 5.56 Å². The van der Waals surface area contributed by atoms with Crippen LogP contribution in [0.2, 0.25) is 0 Å². The molecule has 1 amide bonds. The second-order valence-corrected chi connectivity index (χ2v) is 6.09. The molecule has 3 aromatic rings. The molecule has 128 valence electrons. The molecule has 0 unspecified atom stereocenters. The Kier molecular flexibility index (Phi) is 4.57. The highest BCUT2D eigenvalue weighted by Crippen LogP contribution is 2.15. The summed E-state index contributed by atoms with van der Waals surface area (Å²) in [5, 5.41) is 2.79. The van der Waals surface area contributed by atoms with E-state index >= 15 is 0 Å². The van der Waals surface area contributed by atoms with Gasteiger partial charge in [-0.3, -0.25) is 14.3 Å². The maximum atomic E-state index is 12.8. The second-order valence-electron chi connectivity index (χ2n) is 6.09. The number of amides is 1. The lowest BCUT2D eigenvalue weighted by molar-refractivity contribution is -0.115. The van der Waals surface area contributed by atoms with Gasteiger partial charge >= 0.3 is 0 Å². The van der Waals surface area contributed by atoms with Gasteiger partial charge in [0, 0.05) is 7.05 Å². The smallest absolute Gasteiger partial charge is 0.295 e. The Hall–Kier alpha value is -3.08. The molecule has 25 heavy (non-hydrogen) atoms. The number of carbonyl (C=O) groups excluding carboxylic acids is 1. The quantitative estimate of drug-likeness (QED) is 0.797. The van der Waals surface area contributed by atoms with E-state index in [1.165, 1.54) is 0 Å². The van der Waals surface area contributed by atoms with Crippen LogP contribution in [0.4, 0.5) is 5.69 Å². The fourth-order valence-electron chi connectivity index (χ4n) is 2.88. The Morgan fingerprint density at radius 2 is 1.64 bits per heavy atom.